The quantitative estimate of drug-likeness (QED) is 0.572. The van der Waals surface area contributed by atoms with Gasteiger partial charge >= 0.3 is 0 Å². The summed E-state index contributed by atoms with van der Waals surface area (Å²) in [6, 6.07) is 5.70. The topological polar surface area (TPSA) is 12.9 Å². The van der Waals surface area contributed by atoms with Gasteiger partial charge in [-0.2, -0.15) is 13.5 Å². The Kier molecular flexibility index (Phi) is 3.91. The van der Waals surface area contributed by atoms with Crippen molar-refractivity contribution in [3.05, 3.63) is 29.0 Å². The largest absolute Gasteiger partial charge is 0.249 e. The summed E-state index contributed by atoms with van der Waals surface area (Å²) < 4.78 is 0.884. The Morgan fingerprint density at radius 3 is 2.38 bits per heavy atom. The number of nitrogens with zero attached hydrogens (tertiary/aromatic N) is 1. The SMILES string of the molecule is Brc1ccccn1.S. The molecule has 1 heterocycles. The third-order valence-corrected chi connectivity index (χ3v) is 1.10. The summed E-state index contributed by atoms with van der Waals surface area (Å²) in [6.07, 6.45) is 1.74. The lowest BCUT2D eigenvalue weighted by Gasteiger charge is -1.80. The van der Waals surface area contributed by atoms with Gasteiger partial charge in [-0.15, -0.1) is 0 Å². The predicted octanol–water partition coefficient (Wildman–Crippen LogP) is 1.96. The molecule has 8 heavy (non-hydrogen) atoms. The third kappa shape index (κ3) is 2.33. The molecule has 1 nitrogen and oxygen atoms in total. The van der Waals surface area contributed by atoms with E-state index in [2.05, 4.69) is 20.9 Å². The van der Waals surface area contributed by atoms with Crippen molar-refractivity contribution in [1.29, 1.82) is 0 Å². The summed E-state index contributed by atoms with van der Waals surface area (Å²) in [4.78, 5) is 3.90. The first kappa shape index (κ1) is 7.98. The molecule has 0 N–H and O–H groups in total. The molecular formula is C5H6BrNS. The molecule has 0 bridgehead atoms. The molecule has 3 heteroatoms. The van der Waals surface area contributed by atoms with Crippen LogP contribution in [0, 0.1) is 0 Å². The second-order valence-corrected chi connectivity index (χ2v) is 1.96. The molecule has 0 saturated heterocycles. The summed E-state index contributed by atoms with van der Waals surface area (Å²) >= 11 is 3.20. The summed E-state index contributed by atoms with van der Waals surface area (Å²) in [5.41, 5.74) is 0. The Hall–Kier alpha value is -0.0200. The highest BCUT2D eigenvalue weighted by molar-refractivity contribution is 9.10. The zero-order chi connectivity index (χ0) is 5.11. The molecule has 0 aliphatic carbocycles. The van der Waals surface area contributed by atoms with Gasteiger partial charge in [-0.1, -0.05) is 6.07 Å². The number of halogens is 1. The maximum Gasteiger partial charge on any atom is 0.106 e. The van der Waals surface area contributed by atoms with Gasteiger partial charge in [0, 0.05) is 6.20 Å². The minimum Gasteiger partial charge on any atom is -0.249 e. The van der Waals surface area contributed by atoms with E-state index in [0.717, 1.165) is 4.60 Å². The second-order valence-electron chi connectivity index (χ2n) is 1.15. The van der Waals surface area contributed by atoms with Crippen LogP contribution in [0.15, 0.2) is 29.0 Å². The molecule has 0 unspecified atom stereocenters. The van der Waals surface area contributed by atoms with E-state index in [9.17, 15) is 0 Å². The normalized spacial score (nSPS) is 7.62. The number of hydrogen-bond acceptors (Lipinski definition) is 1. The van der Waals surface area contributed by atoms with Gasteiger partial charge in [0.05, 0.1) is 0 Å². The third-order valence-electron chi connectivity index (χ3n) is 0.629. The van der Waals surface area contributed by atoms with E-state index in [0.29, 0.717) is 0 Å². The molecule has 0 aliphatic heterocycles. The Morgan fingerprint density at radius 2 is 2.12 bits per heavy atom. The average molecular weight is 192 g/mol. The molecule has 0 amide bonds. The highest BCUT2D eigenvalue weighted by Gasteiger charge is 1.75. The van der Waals surface area contributed by atoms with Crippen LogP contribution in [-0.4, -0.2) is 4.98 Å². The zero-order valence-electron chi connectivity index (χ0n) is 4.13. The molecule has 0 atom stereocenters. The van der Waals surface area contributed by atoms with E-state index < -0.39 is 0 Å². The van der Waals surface area contributed by atoms with Gasteiger partial charge in [-0.3, -0.25) is 0 Å². The van der Waals surface area contributed by atoms with E-state index >= 15 is 0 Å². The first-order chi connectivity index (χ1) is 3.39. The van der Waals surface area contributed by atoms with Crippen LogP contribution in [0.2, 0.25) is 0 Å². The average Bonchev–Trinajstić information content (AvgIpc) is 1.69. The van der Waals surface area contributed by atoms with E-state index in [1.54, 1.807) is 6.20 Å². The van der Waals surface area contributed by atoms with Crippen molar-refractivity contribution in [1.82, 2.24) is 4.98 Å². The van der Waals surface area contributed by atoms with Crippen molar-refractivity contribution in [2.24, 2.45) is 0 Å². The van der Waals surface area contributed by atoms with Crippen molar-refractivity contribution in [2.75, 3.05) is 0 Å². The van der Waals surface area contributed by atoms with Gasteiger partial charge in [0.25, 0.3) is 0 Å². The highest BCUT2D eigenvalue weighted by atomic mass is 79.9. The monoisotopic (exact) mass is 191 g/mol. The number of hydrogen-bond donors (Lipinski definition) is 0. The highest BCUT2D eigenvalue weighted by Crippen LogP contribution is 2.00. The van der Waals surface area contributed by atoms with Crippen molar-refractivity contribution < 1.29 is 0 Å². The van der Waals surface area contributed by atoms with Gasteiger partial charge in [0.1, 0.15) is 4.60 Å². The summed E-state index contributed by atoms with van der Waals surface area (Å²) in [5.74, 6) is 0. The summed E-state index contributed by atoms with van der Waals surface area (Å²) in [6.45, 7) is 0. The van der Waals surface area contributed by atoms with E-state index in [4.69, 9.17) is 0 Å². The minimum absolute atomic E-state index is 0. The second kappa shape index (κ2) is 3.92. The van der Waals surface area contributed by atoms with Crippen LogP contribution in [-0.2, 0) is 0 Å². The fraction of sp³-hybridized carbons (Fsp3) is 0. The minimum atomic E-state index is 0. The fourth-order valence-corrected chi connectivity index (χ4v) is 0.613. The van der Waals surface area contributed by atoms with Crippen LogP contribution in [0.1, 0.15) is 0 Å². The molecule has 44 valence electrons. The first-order valence-corrected chi connectivity index (χ1v) is 2.75. The molecule has 0 saturated carbocycles. The van der Waals surface area contributed by atoms with Crippen LogP contribution in [0.25, 0.3) is 0 Å². The molecular weight excluding hydrogens is 186 g/mol. The Labute approximate surface area is 63.7 Å². The predicted molar refractivity (Wildman–Crippen MR) is 42.3 cm³/mol. The molecule has 1 aromatic heterocycles. The van der Waals surface area contributed by atoms with Gasteiger partial charge in [0.15, 0.2) is 0 Å². The van der Waals surface area contributed by atoms with Crippen LogP contribution >= 0.6 is 29.4 Å². The van der Waals surface area contributed by atoms with Crippen LogP contribution in [0.4, 0.5) is 0 Å². The maximum atomic E-state index is 3.90. The molecule has 1 aromatic rings. The molecule has 0 aliphatic rings. The fourth-order valence-electron chi connectivity index (χ4n) is 0.342. The Bertz CT molecular complexity index is 142. The van der Waals surface area contributed by atoms with Crippen molar-refractivity contribution >= 4 is 29.4 Å². The molecule has 0 radical (unpaired) electrons. The van der Waals surface area contributed by atoms with E-state index in [-0.39, 0.29) is 13.5 Å². The van der Waals surface area contributed by atoms with E-state index in [1.165, 1.54) is 0 Å². The van der Waals surface area contributed by atoms with Crippen molar-refractivity contribution in [2.45, 2.75) is 0 Å². The standard InChI is InChI=1S/C5H4BrN.H2S/c6-5-3-1-2-4-7-5;/h1-4H;1H2. The van der Waals surface area contributed by atoms with Gasteiger partial charge in [0.2, 0.25) is 0 Å². The van der Waals surface area contributed by atoms with Gasteiger partial charge in [-0.05, 0) is 28.1 Å². The van der Waals surface area contributed by atoms with Crippen LogP contribution < -0.4 is 0 Å². The summed E-state index contributed by atoms with van der Waals surface area (Å²) in [5, 5.41) is 0. The van der Waals surface area contributed by atoms with Crippen LogP contribution in [0.5, 0.6) is 0 Å². The molecule has 0 fully saturated rings. The van der Waals surface area contributed by atoms with Gasteiger partial charge in [-0.25, -0.2) is 4.98 Å². The molecule has 1 rings (SSSR count). The zero-order valence-corrected chi connectivity index (χ0v) is 6.72. The lowest BCUT2D eigenvalue weighted by atomic mass is 10.5. The van der Waals surface area contributed by atoms with Crippen LogP contribution in [0.3, 0.4) is 0 Å². The maximum absolute atomic E-state index is 3.90. The molecule has 0 aromatic carbocycles. The summed E-state index contributed by atoms with van der Waals surface area (Å²) in [7, 11) is 0. The smallest absolute Gasteiger partial charge is 0.106 e. The Morgan fingerprint density at radius 1 is 1.38 bits per heavy atom. The van der Waals surface area contributed by atoms with Crippen molar-refractivity contribution in [3.63, 3.8) is 0 Å². The number of rotatable bonds is 0. The van der Waals surface area contributed by atoms with E-state index in [1.807, 2.05) is 18.2 Å². The first-order valence-electron chi connectivity index (χ1n) is 1.96. The number of pyridine rings is 1. The lowest BCUT2D eigenvalue weighted by Crippen LogP contribution is -1.66. The lowest BCUT2D eigenvalue weighted by molar-refractivity contribution is 1.28. The number of aromatic nitrogens is 1. The van der Waals surface area contributed by atoms with Crippen molar-refractivity contribution in [3.8, 4) is 0 Å². The van der Waals surface area contributed by atoms with Gasteiger partial charge < -0.3 is 0 Å². The molecule has 0 spiro atoms. The Balaban J connectivity index is 0.000000490.